The van der Waals surface area contributed by atoms with Crippen LogP contribution < -0.4 is 27.0 Å². The van der Waals surface area contributed by atoms with Gasteiger partial charge in [0.2, 0.25) is 17.6 Å². The predicted octanol–water partition coefficient (Wildman–Crippen LogP) is 2.07. The number of alkyl carbamates (subject to hydrolysis) is 1. The highest BCUT2D eigenvalue weighted by atomic mass is 16.5. The van der Waals surface area contributed by atoms with E-state index in [0.29, 0.717) is 25.4 Å². The summed E-state index contributed by atoms with van der Waals surface area (Å²) >= 11 is 0. The highest BCUT2D eigenvalue weighted by molar-refractivity contribution is 6.37. The lowest BCUT2D eigenvalue weighted by Crippen LogP contribution is -2.62. The van der Waals surface area contributed by atoms with Crippen molar-refractivity contribution in [3.8, 4) is 0 Å². The van der Waals surface area contributed by atoms with Crippen molar-refractivity contribution in [2.45, 2.75) is 112 Å². The first kappa shape index (κ1) is 35.5. The molecule has 0 aromatic carbocycles. The Morgan fingerprint density at radius 3 is 2.02 bits per heavy atom. The van der Waals surface area contributed by atoms with E-state index in [0.717, 1.165) is 25.7 Å². The molecule has 0 radical (unpaired) electrons. The number of amides is 6. The van der Waals surface area contributed by atoms with Gasteiger partial charge in [0.1, 0.15) is 18.7 Å². The van der Waals surface area contributed by atoms with Crippen molar-refractivity contribution < 1.29 is 33.5 Å². The van der Waals surface area contributed by atoms with Gasteiger partial charge < -0.3 is 36.6 Å². The number of Topliss-reactive ketones (excluding diaryl/α,β-unsaturated/α-hetero) is 1. The van der Waals surface area contributed by atoms with Crippen LogP contribution in [0.25, 0.3) is 0 Å². The molecular formula is C33H54N6O7. The fraction of sp³-hybridized carbons (Fsp3) is 0.818. The Hall–Kier alpha value is -3.38. The first-order valence-electron chi connectivity index (χ1n) is 16.6. The van der Waals surface area contributed by atoms with E-state index in [-0.39, 0.29) is 29.8 Å². The molecule has 6 amide bonds. The summed E-state index contributed by atoms with van der Waals surface area (Å²) in [6.45, 7) is 16.2. The monoisotopic (exact) mass is 646 g/mol. The molecule has 0 aromatic rings. The third kappa shape index (κ3) is 8.50. The Morgan fingerprint density at radius 1 is 0.891 bits per heavy atom. The van der Waals surface area contributed by atoms with Crippen LogP contribution in [-0.2, 0) is 23.9 Å². The number of ether oxygens (including phenoxy) is 1. The second kappa shape index (κ2) is 13.0. The first-order chi connectivity index (χ1) is 21.2. The number of rotatable bonds is 13. The quantitative estimate of drug-likeness (QED) is 0.189. The summed E-state index contributed by atoms with van der Waals surface area (Å²) in [6.07, 6.45) is 3.82. The summed E-state index contributed by atoms with van der Waals surface area (Å²) in [6, 6.07) is -4.06. The van der Waals surface area contributed by atoms with Crippen LogP contribution in [0.15, 0.2) is 0 Å². The van der Waals surface area contributed by atoms with Gasteiger partial charge >= 0.3 is 12.1 Å². The van der Waals surface area contributed by atoms with E-state index in [4.69, 9.17) is 10.5 Å². The fourth-order valence-electron chi connectivity index (χ4n) is 6.57. The summed E-state index contributed by atoms with van der Waals surface area (Å²) in [5.74, 6) is -2.16. The molecule has 258 valence electrons. The second-order valence-electron chi connectivity index (χ2n) is 16.6. The largest absolute Gasteiger partial charge is 0.447 e. The van der Waals surface area contributed by atoms with E-state index in [1.165, 1.54) is 4.90 Å². The molecule has 1 heterocycles. The van der Waals surface area contributed by atoms with Crippen molar-refractivity contribution in [3.63, 3.8) is 0 Å². The maximum Gasteiger partial charge on any atom is 0.407 e. The number of nitrogens with zero attached hydrogens (tertiary/aromatic N) is 1. The van der Waals surface area contributed by atoms with Crippen molar-refractivity contribution in [1.82, 2.24) is 26.2 Å². The Morgan fingerprint density at radius 2 is 1.50 bits per heavy atom. The molecule has 0 spiro atoms. The number of ketones is 1. The minimum absolute atomic E-state index is 0.0551. The molecule has 13 heteroatoms. The molecule has 0 aromatic heterocycles. The molecule has 1 aliphatic heterocycles. The van der Waals surface area contributed by atoms with Gasteiger partial charge in [-0.1, -0.05) is 68.2 Å². The molecule has 4 rings (SSSR count). The average molecular weight is 647 g/mol. The summed E-state index contributed by atoms with van der Waals surface area (Å²) in [4.78, 5) is 79.6. The van der Waals surface area contributed by atoms with Gasteiger partial charge in [-0.05, 0) is 59.2 Å². The van der Waals surface area contributed by atoms with Crippen LogP contribution >= 0.6 is 0 Å². The lowest BCUT2D eigenvalue weighted by molar-refractivity contribution is -0.145. The third-order valence-corrected chi connectivity index (χ3v) is 10.3. The van der Waals surface area contributed by atoms with E-state index >= 15 is 0 Å². The van der Waals surface area contributed by atoms with Crippen LogP contribution in [-0.4, -0.2) is 84.4 Å². The Bertz CT molecular complexity index is 1230. The number of carbonyl (C=O) groups excluding carboxylic acids is 6. The molecule has 4 fully saturated rings. The Balaban J connectivity index is 1.46. The molecule has 3 saturated carbocycles. The highest BCUT2D eigenvalue weighted by Gasteiger charge is 2.70. The highest BCUT2D eigenvalue weighted by Crippen LogP contribution is 2.65. The van der Waals surface area contributed by atoms with Crippen LogP contribution in [0, 0.1) is 39.9 Å². The zero-order valence-corrected chi connectivity index (χ0v) is 28.7. The summed E-state index contributed by atoms with van der Waals surface area (Å²) in [7, 11) is 0. The van der Waals surface area contributed by atoms with Crippen LogP contribution in [0.5, 0.6) is 0 Å². The van der Waals surface area contributed by atoms with Gasteiger partial charge in [0.15, 0.2) is 0 Å². The number of primary amides is 1. The number of piperidine rings is 1. The fourth-order valence-corrected chi connectivity index (χ4v) is 6.57. The smallest absolute Gasteiger partial charge is 0.407 e. The second-order valence-corrected chi connectivity index (χ2v) is 16.6. The number of fused-ring (bicyclic) bond motifs is 1. The Kier molecular flexibility index (Phi) is 10.0. The van der Waals surface area contributed by atoms with E-state index < -0.39 is 70.6 Å². The maximum atomic E-state index is 14.2. The standard InChI is InChI=1S/C33H54N6O7/c1-31(2,3)21(16-46-30(45)35-14-18-11-12-18)37-29(44)38-25(32(4,5)6)28(43)39-15-19-22(33(19,7)8)23(39)27(42)36-20(13-17-9-10-17)24(40)26(34)41/h17-23,25H,9-16H2,1-8H3,(H2,34,41)(H,35,45)(H,36,42)(H2,37,38,44)/t19?,20?,21-,22?,23+,25-/m1/s1. The van der Waals surface area contributed by atoms with Crippen LogP contribution in [0.3, 0.4) is 0 Å². The maximum absolute atomic E-state index is 14.2. The van der Waals surface area contributed by atoms with E-state index in [1.54, 1.807) is 0 Å². The SMILES string of the molecule is CC1(C)C2CN(C(=O)[C@@H](NC(=O)N[C@H](COC(=O)NCC3CC3)C(C)(C)C)C(C)(C)C)[C@H](C(=O)NC(CC3CC3)C(=O)C(N)=O)C21. The average Bonchev–Trinajstić information content (AvgIpc) is 3.89. The van der Waals surface area contributed by atoms with Crippen molar-refractivity contribution >= 4 is 35.6 Å². The molecular weight excluding hydrogens is 592 g/mol. The molecule has 46 heavy (non-hydrogen) atoms. The normalized spacial score (nSPS) is 25.3. The zero-order chi connectivity index (χ0) is 34.4. The molecule has 4 aliphatic rings. The molecule has 3 aliphatic carbocycles. The van der Waals surface area contributed by atoms with Gasteiger partial charge in [-0.2, -0.15) is 0 Å². The molecule has 6 atom stereocenters. The number of nitrogens with one attached hydrogen (secondary N) is 4. The molecule has 13 nitrogen and oxygen atoms in total. The van der Waals surface area contributed by atoms with Crippen molar-refractivity contribution in [2.75, 3.05) is 19.7 Å². The number of nitrogens with two attached hydrogens (primary N) is 1. The van der Waals surface area contributed by atoms with Gasteiger partial charge in [-0.25, -0.2) is 9.59 Å². The molecule has 0 bridgehead atoms. The van der Waals surface area contributed by atoms with Crippen LogP contribution in [0.4, 0.5) is 9.59 Å². The lowest BCUT2D eigenvalue weighted by atomic mass is 9.85. The number of likely N-dealkylation sites (tertiary alicyclic amines) is 1. The van der Waals surface area contributed by atoms with Crippen molar-refractivity contribution in [1.29, 1.82) is 0 Å². The summed E-state index contributed by atoms with van der Waals surface area (Å²) in [5.41, 5.74) is 3.90. The van der Waals surface area contributed by atoms with Crippen molar-refractivity contribution in [3.05, 3.63) is 0 Å². The number of hydrogen-bond donors (Lipinski definition) is 5. The van der Waals surface area contributed by atoms with E-state index in [1.807, 2.05) is 41.5 Å². The minimum atomic E-state index is -1.10. The summed E-state index contributed by atoms with van der Waals surface area (Å²) in [5, 5.41) is 11.3. The number of carbonyl (C=O) groups is 6. The topological polar surface area (TPSA) is 189 Å². The molecule has 1 saturated heterocycles. The van der Waals surface area contributed by atoms with Gasteiger partial charge in [0.25, 0.3) is 5.91 Å². The Labute approximate surface area is 272 Å². The van der Waals surface area contributed by atoms with E-state index in [2.05, 4.69) is 35.1 Å². The van der Waals surface area contributed by atoms with Gasteiger partial charge in [-0.15, -0.1) is 0 Å². The van der Waals surface area contributed by atoms with E-state index in [9.17, 15) is 28.8 Å². The van der Waals surface area contributed by atoms with Gasteiger partial charge in [-0.3, -0.25) is 19.2 Å². The molecule has 6 N–H and O–H groups in total. The summed E-state index contributed by atoms with van der Waals surface area (Å²) < 4.78 is 5.41. The first-order valence-corrected chi connectivity index (χ1v) is 16.6. The van der Waals surface area contributed by atoms with Gasteiger partial charge in [0, 0.05) is 13.1 Å². The van der Waals surface area contributed by atoms with Crippen LogP contribution in [0.2, 0.25) is 0 Å². The van der Waals surface area contributed by atoms with Crippen molar-refractivity contribution in [2.24, 2.45) is 45.7 Å². The molecule has 3 unspecified atom stereocenters. The van der Waals surface area contributed by atoms with Gasteiger partial charge in [0.05, 0.1) is 12.1 Å². The lowest BCUT2D eigenvalue weighted by Gasteiger charge is -2.38. The number of hydrogen-bond acceptors (Lipinski definition) is 7. The zero-order valence-electron chi connectivity index (χ0n) is 28.7. The number of urea groups is 1. The van der Waals surface area contributed by atoms with Crippen LogP contribution in [0.1, 0.15) is 87.5 Å². The third-order valence-electron chi connectivity index (χ3n) is 10.3. The predicted molar refractivity (Wildman–Crippen MR) is 170 cm³/mol. The minimum Gasteiger partial charge on any atom is -0.447 e.